The Hall–Kier alpha value is -1.27. The number of carbonyl (C=O) groups is 1. The third kappa shape index (κ3) is 1.98. The largest absolute Gasteiger partial charge is 0.485 e. The highest BCUT2D eigenvalue weighted by Gasteiger charge is 2.29. The normalized spacial score (nSPS) is 23.2. The van der Waals surface area contributed by atoms with Crippen molar-refractivity contribution in [1.82, 2.24) is 4.90 Å². The number of likely N-dealkylation sites (tertiary alicyclic amines) is 1. The van der Waals surface area contributed by atoms with Crippen LogP contribution in [-0.4, -0.2) is 36.6 Å². The van der Waals surface area contributed by atoms with Crippen LogP contribution in [-0.2, 0) is 11.3 Å². The predicted octanol–water partition coefficient (Wildman–Crippen LogP) is 0.579. The number of thiophene rings is 1. The highest BCUT2D eigenvalue weighted by molar-refractivity contribution is 7.10. The molecule has 0 radical (unpaired) electrons. The van der Waals surface area contributed by atoms with Gasteiger partial charge in [0.15, 0.2) is 11.5 Å². The standard InChI is InChI=1S/C11H14N2O3S/c12-7-3-10(14)13(4-7)5-9-11-8(6-17-9)15-1-2-16-11/h6-7H,1-5,12H2. The van der Waals surface area contributed by atoms with Crippen LogP contribution in [0.5, 0.6) is 11.5 Å². The van der Waals surface area contributed by atoms with E-state index in [1.807, 2.05) is 5.38 Å². The maximum Gasteiger partial charge on any atom is 0.224 e. The minimum absolute atomic E-state index is 0.0320. The number of hydrogen-bond donors (Lipinski definition) is 1. The van der Waals surface area contributed by atoms with E-state index in [9.17, 15) is 4.79 Å². The van der Waals surface area contributed by atoms with Gasteiger partial charge in [0.1, 0.15) is 13.2 Å². The minimum atomic E-state index is -0.0320. The Labute approximate surface area is 103 Å². The molecule has 5 nitrogen and oxygen atoms in total. The van der Waals surface area contributed by atoms with E-state index in [-0.39, 0.29) is 11.9 Å². The van der Waals surface area contributed by atoms with Gasteiger partial charge in [-0.3, -0.25) is 4.79 Å². The van der Waals surface area contributed by atoms with E-state index < -0.39 is 0 Å². The highest BCUT2D eigenvalue weighted by Crippen LogP contribution is 2.40. The number of hydrogen-bond acceptors (Lipinski definition) is 5. The summed E-state index contributed by atoms with van der Waals surface area (Å²) in [6.45, 7) is 2.38. The zero-order valence-corrected chi connectivity index (χ0v) is 10.2. The second-order valence-electron chi connectivity index (χ2n) is 4.29. The summed E-state index contributed by atoms with van der Waals surface area (Å²) >= 11 is 1.57. The summed E-state index contributed by atoms with van der Waals surface area (Å²) < 4.78 is 11.1. The van der Waals surface area contributed by atoms with E-state index >= 15 is 0 Å². The van der Waals surface area contributed by atoms with Crippen molar-refractivity contribution in [2.75, 3.05) is 19.8 Å². The van der Waals surface area contributed by atoms with Crippen LogP contribution in [0.15, 0.2) is 5.38 Å². The molecule has 3 heterocycles. The molecule has 0 aromatic carbocycles. The van der Waals surface area contributed by atoms with Crippen molar-refractivity contribution in [3.8, 4) is 11.5 Å². The Bertz CT molecular complexity index is 446. The first-order chi connectivity index (χ1) is 8.24. The van der Waals surface area contributed by atoms with Crippen molar-refractivity contribution in [2.24, 2.45) is 5.73 Å². The number of rotatable bonds is 2. The maximum atomic E-state index is 11.7. The van der Waals surface area contributed by atoms with Gasteiger partial charge in [-0.1, -0.05) is 0 Å². The smallest absolute Gasteiger partial charge is 0.224 e. The molecule has 2 aliphatic heterocycles. The highest BCUT2D eigenvalue weighted by atomic mass is 32.1. The molecule has 17 heavy (non-hydrogen) atoms. The summed E-state index contributed by atoms with van der Waals surface area (Å²) in [5.41, 5.74) is 5.77. The summed E-state index contributed by atoms with van der Waals surface area (Å²) in [6.07, 6.45) is 0.449. The lowest BCUT2D eigenvalue weighted by Crippen LogP contribution is -2.27. The van der Waals surface area contributed by atoms with Gasteiger partial charge in [0, 0.05) is 24.4 Å². The fraction of sp³-hybridized carbons (Fsp3) is 0.545. The third-order valence-electron chi connectivity index (χ3n) is 2.95. The predicted molar refractivity (Wildman–Crippen MR) is 63.3 cm³/mol. The molecule has 92 valence electrons. The Morgan fingerprint density at radius 3 is 3.06 bits per heavy atom. The van der Waals surface area contributed by atoms with E-state index in [0.717, 1.165) is 16.4 Å². The zero-order valence-electron chi connectivity index (χ0n) is 9.35. The molecule has 1 aromatic heterocycles. The van der Waals surface area contributed by atoms with Gasteiger partial charge in [-0.25, -0.2) is 0 Å². The average molecular weight is 254 g/mol. The van der Waals surface area contributed by atoms with Gasteiger partial charge in [-0.15, -0.1) is 11.3 Å². The molecule has 1 atom stereocenters. The molecule has 1 amide bonds. The van der Waals surface area contributed by atoms with Crippen LogP contribution in [0.3, 0.4) is 0 Å². The zero-order chi connectivity index (χ0) is 11.8. The molecule has 1 fully saturated rings. The van der Waals surface area contributed by atoms with E-state index in [1.165, 1.54) is 0 Å². The quantitative estimate of drug-likeness (QED) is 0.838. The van der Waals surface area contributed by atoms with Crippen molar-refractivity contribution in [3.63, 3.8) is 0 Å². The summed E-state index contributed by atoms with van der Waals surface area (Å²) in [5, 5.41) is 1.93. The second kappa shape index (κ2) is 4.19. The lowest BCUT2D eigenvalue weighted by molar-refractivity contribution is -0.128. The number of nitrogens with zero attached hydrogens (tertiary/aromatic N) is 1. The number of nitrogens with two attached hydrogens (primary N) is 1. The van der Waals surface area contributed by atoms with Gasteiger partial charge >= 0.3 is 0 Å². The molecule has 2 N–H and O–H groups in total. The van der Waals surface area contributed by atoms with Crippen LogP contribution in [0.2, 0.25) is 0 Å². The van der Waals surface area contributed by atoms with Crippen molar-refractivity contribution >= 4 is 17.2 Å². The number of ether oxygens (including phenoxy) is 2. The molecule has 6 heteroatoms. The molecule has 3 rings (SSSR count). The second-order valence-corrected chi connectivity index (χ2v) is 5.25. The average Bonchev–Trinajstić information content (AvgIpc) is 2.85. The van der Waals surface area contributed by atoms with Gasteiger partial charge < -0.3 is 20.1 Å². The van der Waals surface area contributed by atoms with Gasteiger partial charge in [0.2, 0.25) is 5.91 Å². The van der Waals surface area contributed by atoms with Crippen molar-refractivity contribution in [3.05, 3.63) is 10.3 Å². The first-order valence-electron chi connectivity index (χ1n) is 5.63. The SMILES string of the molecule is NC1CC(=O)N(Cc2scc3c2OCCO3)C1. The van der Waals surface area contributed by atoms with Crippen molar-refractivity contribution in [2.45, 2.75) is 19.0 Å². The van der Waals surface area contributed by atoms with Crippen LogP contribution in [0.4, 0.5) is 0 Å². The molecule has 0 saturated carbocycles. The maximum absolute atomic E-state index is 11.7. The summed E-state index contributed by atoms with van der Waals surface area (Å²) in [5.74, 6) is 1.72. The Kier molecular flexibility index (Phi) is 2.68. The monoisotopic (exact) mass is 254 g/mol. The van der Waals surface area contributed by atoms with E-state index in [2.05, 4.69) is 0 Å². The van der Waals surface area contributed by atoms with Crippen LogP contribution in [0.1, 0.15) is 11.3 Å². The molecule has 0 bridgehead atoms. The van der Waals surface area contributed by atoms with Gasteiger partial charge in [-0.05, 0) is 0 Å². The van der Waals surface area contributed by atoms with Crippen molar-refractivity contribution < 1.29 is 14.3 Å². The van der Waals surface area contributed by atoms with Gasteiger partial charge in [0.25, 0.3) is 0 Å². The molecule has 1 saturated heterocycles. The Morgan fingerprint density at radius 2 is 2.29 bits per heavy atom. The number of carbonyl (C=O) groups excluding carboxylic acids is 1. The fourth-order valence-electron chi connectivity index (χ4n) is 2.15. The van der Waals surface area contributed by atoms with Crippen LogP contribution in [0.25, 0.3) is 0 Å². The number of amides is 1. The van der Waals surface area contributed by atoms with Crippen molar-refractivity contribution in [1.29, 1.82) is 0 Å². The first-order valence-corrected chi connectivity index (χ1v) is 6.51. The lowest BCUT2D eigenvalue weighted by atomic mass is 10.3. The molecule has 0 aliphatic carbocycles. The molecule has 2 aliphatic rings. The summed E-state index contributed by atoms with van der Waals surface area (Å²) in [6, 6.07) is -0.0320. The van der Waals surface area contributed by atoms with E-state index in [4.69, 9.17) is 15.2 Å². The molecular formula is C11H14N2O3S. The molecular weight excluding hydrogens is 240 g/mol. The first kappa shape index (κ1) is 10.9. The minimum Gasteiger partial charge on any atom is -0.485 e. The fourth-order valence-corrected chi connectivity index (χ4v) is 3.07. The van der Waals surface area contributed by atoms with Gasteiger partial charge in [0.05, 0.1) is 11.4 Å². The van der Waals surface area contributed by atoms with E-state index in [1.54, 1.807) is 16.2 Å². The molecule has 0 spiro atoms. The summed E-state index contributed by atoms with van der Waals surface area (Å²) in [7, 11) is 0. The topological polar surface area (TPSA) is 64.8 Å². The summed E-state index contributed by atoms with van der Waals surface area (Å²) in [4.78, 5) is 14.5. The lowest BCUT2D eigenvalue weighted by Gasteiger charge is -2.19. The molecule has 1 unspecified atom stereocenters. The Morgan fingerprint density at radius 1 is 1.47 bits per heavy atom. The third-order valence-corrected chi connectivity index (χ3v) is 3.88. The molecule has 1 aromatic rings. The number of fused-ring (bicyclic) bond motifs is 1. The van der Waals surface area contributed by atoms with E-state index in [0.29, 0.717) is 32.7 Å². The van der Waals surface area contributed by atoms with Crippen LogP contribution < -0.4 is 15.2 Å². The van der Waals surface area contributed by atoms with Crippen LogP contribution in [0, 0.1) is 0 Å². The van der Waals surface area contributed by atoms with Gasteiger partial charge in [-0.2, -0.15) is 0 Å². The Balaban J connectivity index is 1.77. The van der Waals surface area contributed by atoms with Crippen LogP contribution >= 0.6 is 11.3 Å².